The number of hydrogen-bond donors (Lipinski definition) is 0. The molecular weight excluding hydrogens is 328 g/mol. The van der Waals surface area contributed by atoms with E-state index in [0.717, 1.165) is 60.2 Å². The van der Waals surface area contributed by atoms with Gasteiger partial charge in [0.1, 0.15) is 23.8 Å². The van der Waals surface area contributed by atoms with Crippen LogP contribution in [0.5, 0.6) is 0 Å². The van der Waals surface area contributed by atoms with Gasteiger partial charge >= 0.3 is 0 Å². The third-order valence-electron chi connectivity index (χ3n) is 5.64. The average Bonchev–Trinajstić information content (AvgIpc) is 3.28. The molecule has 3 aromatic heterocycles. The molecular formula is C18H22N8. The van der Waals surface area contributed by atoms with Crippen molar-refractivity contribution in [1.82, 2.24) is 29.7 Å². The molecule has 26 heavy (non-hydrogen) atoms. The molecule has 0 saturated carbocycles. The first-order valence-corrected chi connectivity index (χ1v) is 9.03. The monoisotopic (exact) mass is 350 g/mol. The molecule has 2 aliphatic rings. The fourth-order valence-corrected chi connectivity index (χ4v) is 4.42. The molecule has 0 aliphatic carbocycles. The number of aromatic nitrogens is 6. The maximum absolute atomic E-state index is 4.74. The molecule has 0 amide bonds. The van der Waals surface area contributed by atoms with Crippen LogP contribution in [0, 0.1) is 25.7 Å². The Kier molecular flexibility index (Phi) is 3.35. The SMILES string of the molecule is Cc1nc(N2CC3CN(c4ncncc4C)CC3C2)c2cnn(C)c2n1. The minimum atomic E-state index is 0.631. The number of anilines is 2. The zero-order chi connectivity index (χ0) is 17.8. The van der Waals surface area contributed by atoms with Crippen molar-refractivity contribution in [1.29, 1.82) is 0 Å². The molecule has 5 rings (SSSR count). The van der Waals surface area contributed by atoms with Crippen molar-refractivity contribution in [3.63, 3.8) is 0 Å². The van der Waals surface area contributed by atoms with E-state index >= 15 is 0 Å². The number of fused-ring (bicyclic) bond motifs is 2. The largest absolute Gasteiger partial charge is 0.356 e. The molecule has 8 nitrogen and oxygen atoms in total. The number of rotatable bonds is 2. The van der Waals surface area contributed by atoms with E-state index in [-0.39, 0.29) is 0 Å². The van der Waals surface area contributed by atoms with E-state index in [9.17, 15) is 0 Å². The molecule has 0 N–H and O–H groups in total. The summed E-state index contributed by atoms with van der Waals surface area (Å²) < 4.78 is 1.82. The van der Waals surface area contributed by atoms with Gasteiger partial charge in [0, 0.05) is 56.8 Å². The number of nitrogens with zero attached hydrogens (tertiary/aromatic N) is 8. The van der Waals surface area contributed by atoms with Gasteiger partial charge in [0.2, 0.25) is 0 Å². The zero-order valence-corrected chi connectivity index (χ0v) is 15.3. The first-order valence-electron chi connectivity index (χ1n) is 9.03. The van der Waals surface area contributed by atoms with Crippen molar-refractivity contribution in [3.8, 4) is 0 Å². The van der Waals surface area contributed by atoms with Gasteiger partial charge in [-0.25, -0.2) is 19.9 Å². The molecule has 0 spiro atoms. The molecule has 3 aromatic rings. The second-order valence-electron chi connectivity index (χ2n) is 7.46. The molecule has 2 unspecified atom stereocenters. The van der Waals surface area contributed by atoms with E-state index in [2.05, 4.69) is 36.8 Å². The van der Waals surface area contributed by atoms with Crippen LogP contribution in [0.1, 0.15) is 11.4 Å². The molecule has 0 aromatic carbocycles. The van der Waals surface area contributed by atoms with Gasteiger partial charge in [-0.2, -0.15) is 5.10 Å². The van der Waals surface area contributed by atoms with E-state index < -0.39 is 0 Å². The summed E-state index contributed by atoms with van der Waals surface area (Å²) in [5.41, 5.74) is 2.05. The fraction of sp³-hybridized carbons (Fsp3) is 0.500. The van der Waals surface area contributed by atoms with E-state index in [4.69, 9.17) is 4.98 Å². The van der Waals surface area contributed by atoms with Crippen molar-refractivity contribution in [2.24, 2.45) is 18.9 Å². The van der Waals surface area contributed by atoms with Gasteiger partial charge in [-0.1, -0.05) is 0 Å². The summed E-state index contributed by atoms with van der Waals surface area (Å²) in [4.78, 5) is 22.7. The summed E-state index contributed by atoms with van der Waals surface area (Å²) in [5.74, 6) is 4.16. The summed E-state index contributed by atoms with van der Waals surface area (Å²) in [6.45, 7) is 8.15. The topological polar surface area (TPSA) is 75.9 Å². The highest BCUT2D eigenvalue weighted by Gasteiger charge is 2.41. The Balaban J connectivity index is 1.40. The standard InChI is InChI=1S/C18H22N8/c1-11-4-19-10-20-16(11)25-6-13-8-26(9-14(13)7-25)18-15-5-21-24(3)17(15)22-12(2)23-18/h4-5,10,13-14H,6-9H2,1-3H3. The van der Waals surface area contributed by atoms with E-state index in [1.54, 1.807) is 6.33 Å². The van der Waals surface area contributed by atoms with Crippen molar-refractivity contribution in [2.75, 3.05) is 36.0 Å². The molecule has 5 heterocycles. The minimum Gasteiger partial charge on any atom is -0.356 e. The van der Waals surface area contributed by atoms with Crippen molar-refractivity contribution >= 4 is 22.7 Å². The molecule has 8 heteroatoms. The Morgan fingerprint density at radius 1 is 0.923 bits per heavy atom. The normalized spacial score (nSPS) is 22.4. The highest BCUT2D eigenvalue weighted by molar-refractivity contribution is 5.87. The van der Waals surface area contributed by atoms with E-state index in [1.165, 1.54) is 0 Å². The molecule has 2 saturated heterocycles. The van der Waals surface area contributed by atoms with Gasteiger partial charge in [0.25, 0.3) is 0 Å². The quantitative estimate of drug-likeness (QED) is 0.690. The highest BCUT2D eigenvalue weighted by atomic mass is 15.3. The van der Waals surface area contributed by atoms with Crippen LogP contribution in [0.25, 0.3) is 11.0 Å². The van der Waals surface area contributed by atoms with Gasteiger partial charge in [-0.05, 0) is 13.8 Å². The van der Waals surface area contributed by atoms with Gasteiger partial charge in [-0.15, -0.1) is 0 Å². The van der Waals surface area contributed by atoms with Crippen molar-refractivity contribution in [3.05, 3.63) is 30.1 Å². The first kappa shape index (κ1) is 15.5. The zero-order valence-electron chi connectivity index (χ0n) is 15.3. The summed E-state index contributed by atoms with van der Waals surface area (Å²) >= 11 is 0. The first-order chi connectivity index (χ1) is 12.6. The Morgan fingerprint density at radius 2 is 1.62 bits per heavy atom. The van der Waals surface area contributed by atoms with Gasteiger partial charge in [0.05, 0.1) is 11.6 Å². The Bertz CT molecular complexity index is 966. The van der Waals surface area contributed by atoms with Gasteiger partial charge < -0.3 is 9.80 Å². The second kappa shape index (κ2) is 5.62. The lowest BCUT2D eigenvalue weighted by Gasteiger charge is -2.24. The lowest BCUT2D eigenvalue weighted by atomic mass is 10.0. The lowest BCUT2D eigenvalue weighted by Crippen LogP contribution is -2.30. The van der Waals surface area contributed by atoms with Crippen LogP contribution in [0.2, 0.25) is 0 Å². The maximum Gasteiger partial charge on any atom is 0.163 e. The van der Waals surface area contributed by atoms with Crippen LogP contribution in [0.3, 0.4) is 0 Å². The Labute approximate surface area is 151 Å². The summed E-state index contributed by atoms with van der Waals surface area (Å²) in [6, 6.07) is 0. The molecule has 2 fully saturated rings. The molecule has 2 atom stereocenters. The molecule has 134 valence electrons. The predicted molar refractivity (Wildman–Crippen MR) is 99.2 cm³/mol. The lowest BCUT2D eigenvalue weighted by molar-refractivity contribution is 0.533. The molecule has 2 aliphatic heterocycles. The van der Waals surface area contributed by atoms with Gasteiger partial charge in [0.15, 0.2) is 5.65 Å². The highest BCUT2D eigenvalue weighted by Crippen LogP contribution is 2.37. The predicted octanol–water partition coefficient (Wildman–Crippen LogP) is 1.34. The van der Waals surface area contributed by atoms with Crippen molar-refractivity contribution in [2.45, 2.75) is 13.8 Å². The third kappa shape index (κ3) is 2.32. The third-order valence-corrected chi connectivity index (χ3v) is 5.64. The van der Waals surface area contributed by atoms with Crippen LogP contribution < -0.4 is 9.80 Å². The maximum atomic E-state index is 4.74. The molecule has 0 bridgehead atoms. The second-order valence-corrected chi connectivity index (χ2v) is 7.46. The van der Waals surface area contributed by atoms with Crippen LogP contribution in [0.15, 0.2) is 18.7 Å². The van der Waals surface area contributed by atoms with Crippen LogP contribution in [0.4, 0.5) is 11.6 Å². The molecule has 0 radical (unpaired) electrons. The average molecular weight is 350 g/mol. The van der Waals surface area contributed by atoms with Gasteiger partial charge in [-0.3, -0.25) is 4.68 Å². The Hall–Kier alpha value is -2.77. The van der Waals surface area contributed by atoms with Crippen LogP contribution in [-0.2, 0) is 7.05 Å². The number of hydrogen-bond acceptors (Lipinski definition) is 7. The fourth-order valence-electron chi connectivity index (χ4n) is 4.42. The van der Waals surface area contributed by atoms with E-state index in [0.29, 0.717) is 11.8 Å². The van der Waals surface area contributed by atoms with E-state index in [1.807, 2.05) is 31.0 Å². The minimum absolute atomic E-state index is 0.631. The Morgan fingerprint density at radius 3 is 2.31 bits per heavy atom. The van der Waals surface area contributed by atoms with Crippen LogP contribution in [-0.4, -0.2) is 55.9 Å². The summed E-state index contributed by atoms with van der Waals surface area (Å²) in [6.07, 6.45) is 5.42. The van der Waals surface area contributed by atoms with Crippen molar-refractivity contribution < 1.29 is 0 Å². The summed E-state index contributed by atoms with van der Waals surface area (Å²) in [5, 5.41) is 5.41. The van der Waals surface area contributed by atoms with Crippen LogP contribution >= 0.6 is 0 Å². The smallest absolute Gasteiger partial charge is 0.163 e. The number of aryl methyl sites for hydroxylation is 3. The summed E-state index contributed by atoms with van der Waals surface area (Å²) in [7, 11) is 1.93.